The molecule has 0 aromatic heterocycles. The summed E-state index contributed by atoms with van der Waals surface area (Å²) in [7, 11) is 0. The molecule has 3 aromatic rings. The van der Waals surface area contributed by atoms with Crippen LogP contribution < -0.4 is 24.6 Å². The summed E-state index contributed by atoms with van der Waals surface area (Å²) in [6.45, 7) is 0.572. The van der Waals surface area contributed by atoms with Crippen LogP contribution in [0.2, 0.25) is 0 Å². The molecule has 1 saturated heterocycles. The zero-order chi connectivity index (χ0) is 21.2. The van der Waals surface area contributed by atoms with E-state index in [0.29, 0.717) is 29.4 Å². The molecule has 31 heavy (non-hydrogen) atoms. The summed E-state index contributed by atoms with van der Waals surface area (Å²) in [6.07, 6.45) is 1.56. The number of hydrogen-bond donors (Lipinski definition) is 1. The average molecular weight is 414 g/mol. The molecule has 2 amide bonds. The fraction of sp³-hybridized carbons (Fsp3) is 0.0833. The summed E-state index contributed by atoms with van der Waals surface area (Å²) in [5.41, 5.74) is 4.90. The van der Waals surface area contributed by atoms with Gasteiger partial charge < -0.3 is 14.2 Å². The number of benzene rings is 3. The van der Waals surface area contributed by atoms with Gasteiger partial charge in [0, 0.05) is 0 Å². The predicted molar refractivity (Wildman–Crippen MR) is 113 cm³/mol. The second kappa shape index (κ2) is 7.87. The Hall–Kier alpha value is -4.26. The highest BCUT2D eigenvalue weighted by atomic mass is 16.7. The second-order valence-corrected chi connectivity index (χ2v) is 7.02. The third-order valence-corrected chi connectivity index (χ3v) is 4.92. The molecule has 154 valence electrons. The van der Waals surface area contributed by atoms with Gasteiger partial charge in [-0.1, -0.05) is 36.4 Å². The molecular weight excluding hydrogens is 396 g/mol. The molecule has 2 aliphatic rings. The number of nitrogens with zero attached hydrogens (tertiary/aromatic N) is 1. The number of amides is 2. The van der Waals surface area contributed by atoms with E-state index < -0.39 is 11.8 Å². The van der Waals surface area contributed by atoms with Gasteiger partial charge in [-0.15, -0.1) is 0 Å². The first kappa shape index (κ1) is 18.7. The number of nitrogens with one attached hydrogen (secondary N) is 1. The summed E-state index contributed by atoms with van der Waals surface area (Å²) in [5, 5.41) is 1.24. The molecule has 5 rings (SSSR count). The Morgan fingerprint density at radius 2 is 1.77 bits per heavy atom. The zero-order valence-electron chi connectivity index (χ0n) is 16.4. The SMILES string of the molecule is O=C1NN(c2ccccc2)C(=O)/C1=C\c1cccc(OCc2ccc3c(c2)OCO3)c1. The molecule has 1 N–H and O–H groups in total. The lowest BCUT2D eigenvalue weighted by Gasteiger charge is -2.13. The molecule has 3 aromatic carbocycles. The van der Waals surface area contributed by atoms with E-state index in [-0.39, 0.29) is 12.4 Å². The Labute approximate surface area is 178 Å². The summed E-state index contributed by atoms with van der Waals surface area (Å²) in [6, 6.07) is 21.8. The number of hydrogen-bond acceptors (Lipinski definition) is 5. The Morgan fingerprint density at radius 1 is 0.935 bits per heavy atom. The van der Waals surface area contributed by atoms with Crippen molar-refractivity contribution in [3.63, 3.8) is 0 Å². The number of para-hydroxylation sites is 1. The highest BCUT2D eigenvalue weighted by molar-refractivity contribution is 6.31. The molecule has 7 heteroatoms. The van der Waals surface area contributed by atoms with Gasteiger partial charge in [-0.2, -0.15) is 0 Å². The lowest BCUT2D eigenvalue weighted by Crippen LogP contribution is -2.35. The van der Waals surface area contributed by atoms with E-state index >= 15 is 0 Å². The van der Waals surface area contributed by atoms with Gasteiger partial charge in [0.1, 0.15) is 17.9 Å². The molecule has 0 bridgehead atoms. The van der Waals surface area contributed by atoms with Gasteiger partial charge >= 0.3 is 0 Å². The average Bonchev–Trinajstić information content (AvgIpc) is 3.38. The van der Waals surface area contributed by atoms with E-state index in [2.05, 4.69) is 5.43 Å². The summed E-state index contributed by atoms with van der Waals surface area (Å²) in [4.78, 5) is 25.1. The van der Waals surface area contributed by atoms with Crippen molar-refractivity contribution in [3.05, 3.63) is 89.5 Å². The minimum Gasteiger partial charge on any atom is -0.489 e. The molecule has 0 radical (unpaired) electrons. The molecule has 0 unspecified atom stereocenters. The summed E-state index contributed by atoms with van der Waals surface area (Å²) >= 11 is 0. The van der Waals surface area contributed by atoms with E-state index in [0.717, 1.165) is 11.3 Å². The van der Waals surface area contributed by atoms with Crippen LogP contribution in [0.15, 0.2) is 78.4 Å². The maximum Gasteiger partial charge on any atom is 0.282 e. The zero-order valence-corrected chi connectivity index (χ0v) is 16.4. The highest BCUT2D eigenvalue weighted by Crippen LogP contribution is 2.33. The first-order chi connectivity index (χ1) is 15.2. The van der Waals surface area contributed by atoms with Crippen molar-refractivity contribution in [2.75, 3.05) is 11.8 Å². The number of fused-ring (bicyclic) bond motifs is 1. The van der Waals surface area contributed by atoms with Crippen molar-refractivity contribution in [1.82, 2.24) is 5.43 Å². The smallest absolute Gasteiger partial charge is 0.282 e. The largest absolute Gasteiger partial charge is 0.489 e. The van der Waals surface area contributed by atoms with Gasteiger partial charge in [-0.25, -0.2) is 5.01 Å². The third kappa shape index (κ3) is 3.81. The highest BCUT2D eigenvalue weighted by Gasteiger charge is 2.34. The molecule has 0 spiro atoms. The predicted octanol–water partition coefficient (Wildman–Crippen LogP) is 3.46. The van der Waals surface area contributed by atoms with Crippen molar-refractivity contribution < 1.29 is 23.8 Å². The summed E-state index contributed by atoms with van der Waals surface area (Å²) in [5.74, 6) is 1.20. The Bertz CT molecular complexity index is 1190. The summed E-state index contributed by atoms with van der Waals surface area (Å²) < 4.78 is 16.6. The number of hydrazine groups is 1. The van der Waals surface area contributed by atoms with Crippen LogP contribution in [0.5, 0.6) is 17.2 Å². The molecular formula is C24H18N2O5. The van der Waals surface area contributed by atoms with Crippen LogP contribution >= 0.6 is 0 Å². The van der Waals surface area contributed by atoms with Gasteiger partial charge in [0.05, 0.1) is 5.69 Å². The molecule has 7 nitrogen and oxygen atoms in total. The Morgan fingerprint density at radius 3 is 2.65 bits per heavy atom. The molecule has 2 heterocycles. The lowest BCUT2D eigenvalue weighted by atomic mass is 10.1. The van der Waals surface area contributed by atoms with Crippen LogP contribution in [0.4, 0.5) is 5.69 Å². The lowest BCUT2D eigenvalue weighted by molar-refractivity contribution is -0.117. The second-order valence-electron chi connectivity index (χ2n) is 7.02. The van der Waals surface area contributed by atoms with Crippen molar-refractivity contribution in [3.8, 4) is 17.2 Å². The first-order valence-electron chi connectivity index (χ1n) is 9.71. The van der Waals surface area contributed by atoms with E-state index in [1.165, 1.54) is 5.01 Å². The van der Waals surface area contributed by atoms with Crippen LogP contribution in [0, 0.1) is 0 Å². The number of carbonyl (C=O) groups is 2. The monoisotopic (exact) mass is 414 g/mol. The van der Waals surface area contributed by atoms with E-state index in [1.807, 2.05) is 42.5 Å². The first-order valence-corrected chi connectivity index (χ1v) is 9.71. The van der Waals surface area contributed by atoms with Crippen molar-refractivity contribution in [2.45, 2.75) is 6.61 Å². The topological polar surface area (TPSA) is 77.1 Å². The van der Waals surface area contributed by atoms with Crippen molar-refractivity contribution >= 4 is 23.6 Å². The van der Waals surface area contributed by atoms with Crippen LogP contribution in [0.25, 0.3) is 6.08 Å². The van der Waals surface area contributed by atoms with Crippen molar-refractivity contribution in [2.24, 2.45) is 0 Å². The van der Waals surface area contributed by atoms with E-state index in [4.69, 9.17) is 14.2 Å². The maximum absolute atomic E-state index is 12.7. The number of rotatable bonds is 5. The Balaban J connectivity index is 1.31. The fourth-order valence-electron chi connectivity index (χ4n) is 3.37. The van der Waals surface area contributed by atoms with Crippen molar-refractivity contribution in [1.29, 1.82) is 0 Å². The third-order valence-electron chi connectivity index (χ3n) is 4.92. The maximum atomic E-state index is 12.7. The molecule has 0 atom stereocenters. The van der Waals surface area contributed by atoms with Crippen LogP contribution in [0.1, 0.15) is 11.1 Å². The van der Waals surface area contributed by atoms with Gasteiger partial charge in [0.2, 0.25) is 6.79 Å². The van der Waals surface area contributed by atoms with Gasteiger partial charge in [-0.3, -0.25) is 15.0 Å². The van der Waals surface area contributed by atoms with E-state index in [1.54, 1.807) is 36.4 Å². The number of carbonyl (C=O) groups excluding carboxylic acids is 2. The number of anilines is 1. The normalized spacial score (nSPS) is 16.0. The molecule has 1 fully saturated rings. The minimum absolute atomic E-state index is 0.0665. The molecule has 2 aliphatic heterocycles. The van der Waals surface area contributed by atoms with Gasteiger partial charge in [-0.05, 0) is 53.6 Å². The fourth-order valence-corrected chi connectivity index (χ4v) is 3.37. The van der Waals surface area contributed by atoms with Crippen LogP contribution in [0.3, 0.4) is 0 Å². The minimum atomic E-state index is -0.444. The van der Waals surface area contributed by atoms with Crippen LogP contribution in [-0.2, 0) is 16.2 Å². The van der Waals surface area contributed by atoms with E-state index in [9.17, 15) is 9.59 Å². The van der Waals surface area contributed by atoms with Crippen LogP contribution in [-0.4, -0.2) is 18.6 Å². The van der Waals surface area contributed by atoms with Gasteiger partial charge in [0.25, 0.3) is 11.8 Å². The van der Waals surface area contributed by atoms with Gasteiger partial charge in [0.15, 0.2) is 11.5 Å². The quantitative estimate of drug-likeness (QED) is 0.511. The molecule has 0 aliphatic carbocycles. The Kier molecular flexibility index (Phi) is 4.76. The number of ether oxygens (including phenoxy) is 3. The standard InChI is InChI=1S/C24H18N2O5/c27-23-20(24(28)26(25-23)18-6-2-1-3-7-18)12-16-5-4-8-19(11-16)29-14-17-9-10-21-22(13-17)31-15-30-21/h1-13H,14-15H2,(H,25,27)/b20-12-. The molecule has 0 saturated carbocycles.